The van der Waals surface area contributed by atoms with Crippen molar-refractivity contribution < 1.29 is 19.4 Å². The lowest BCUT2D eigenvalue weighted by Gasteiger charge is -2.37. The summed E-state index contributed by atoms with van der Waals surface area (Å²) in [7, 11) is 0. The van der Waals surface area contributed by atoms with Gasteiger partial charge in [-0.1, -0.05) is 30.3 Å². The molecule has 2 saturated heterocycles. The topological polar surface area (TPSA) is 62.2 Å². The Bertz CT molecular complexity index is 704. The van der Waals surface area contributed by atoms with Gasteiger partial charge in [-0.2, -0.15) is 0 Å². The van der Waals surface area contributed by atoms with E-state index >= 15 is 0 Å². The quantitative estimate of drug-likeness (QED) is 0.790. The van der Waals surface area contributed by atoms with Gasteiger partial charge in [0.05, 0.1) is 18.8 Å². The minimum atomic E-state index is -0.655. The summed E-state index contributed by atoms with van der Waals surface area (Å²) in [5.41, 5.74) is 0.574. The first kappa shape index (κ1) is 20.6. The molecular weight excluding hydrogens is 368 g/mol. The van der Waals surface area contributed by atoms with Crippen molar-refractivity contribution in [1.29, 1.82) is 0 Å². The zero-order valence-electron chi connectivity index (χ0n) is 17.7. The molecule has 1 aromatic carbocycles. The fourth-order valence-electron chi connectivity index (χ4n) is 4.83. The predicted molar refractivity (Wildman–Crippen MR) is 110 cm³/mol. The average molecular weight is 403 g/mol. The summed E-state index contributed by atoms with van der Waals surface area (Å²) in [6.45, 7) is 7.48. The van der Waals surface area contributed by atoms with Crippen LogP contribution in [0, 0.1) is 5.41 Å². The number of rotatable bonds is 6. The van der Waals surface area contributed by atoms with Crippen molar-refractivity contribution >= 4 is 6.09 Å². The molecule has 1 saturated carbocycles. The first-order valence-corrected chi connectivity index (χ1v) is 10.9. The Kier molecular flexibility index (Phi) is 5.87. The molecule has 160 valence electrons. The molecule has 1 spiro atoms. The van der Waals surface area contributed by atoms with Crippen LogP contribution in [0.15, 0.2) is 30.3 Å². The number of hydrogen-bond acceptors (Lipinski definition) is 5. The van der Waals surface area contributed by atoms with Crippen LogP contribution in [-0.2, 0) is 16.1 Å². The molecule has 29 heavy (non-hydrogen) atoms. The number of amides is 1. The van der Waals surface area contributed by atoms with Crippen LogP contribution in [-0.4, -0.2) is 65.1 Å². The van der Waals surface area contributed by atoms with E-state index in [4.69, 9.17) is 9.47 Å². The van der Waals surface area contributed by atoms with Crippen LogP contribution in [0.3, 0.4) is 0 Å². The summed E-state index contributed by atoms with van der Waals surface area (Å²) in [6, 6.07) is 9.77. The molecule has 0 radical (unpaired) electrons. The van der Waals surface area contributed by atoms with Crippen molar-refractivity contribution in [3.05, 3.63) is 35.9 Å². The highest BCUT2D eigenvalue weighted by molar-refractivity contribution is 5.69. The number of β-amino-alcohol motifs (C(OH)–C–C–N with tert-alkyl or cyclic N) is 1. The number of ether oxygens (including phenoxy) is 2. The average Bonchev–Trinajstić information content (AvgIpc) is 3.42. The third-order valence-electron chi connectivity index (χ3n) is 6.94. The van der Waals surface area contributed by atoms with Crippen molar-refractivity contribution in [2.75, 3.05) is 26.2 Å². The van der Waals surface area contributed by atoms with E-state index in [-0.39, 0.29) is 30.3 Å². The maximum atomic E-state index is 12.8. The van der Waals surface area contributed by atoms with Crippen molar-refractivity contribution in [3.8, 4) is 0 Å². The van der Waals surface area contributed by atoms with Crippen LogP contribution >= 0.6 is 0 Å². The van der Waals surface area contributed by atoms with Gasteiger partial charge < -0.3 is 19.5 Å². The maximum Gasteiger partial charge on any atom is 0.412 e. The van der Waals surface area contributed by atoms with Crippen molar-refractivity contribution in [2.24, 2.45) is 5.41 Å². The van der Waals surface area contributed by atoms with Gasteiger partial charge in [-0.15, -0.1) is 0 Å². The molecule has 3 aliphatic rings. The van der Waals surface area contributed by atoms with E-state index in [1.54, 1.807) is 4.90 Å². The summed E-state index contributed by atoms with van der Waals surface area (Å²) >= 11 is 0. The number of hydrogen-bond donors (Lipinski definition) is 1. The number of piperidine rings is 1. The Morgan fingerprint density at radius 1 is 1.24 bits per heavy atom. The molecule has 3 fully saturated rings. The number of aliphatic hydroxyl groups is 1. The standard InChI is InChI=1S/C23H34N2O4/c1-22(2)25(21(27)28-16-18-7-4-3-5-8-18)19(17-29-22)9-6-13-24-14-12-23(10-11-23)20(26)15-24/h3-5,7-8,19-20,26H,6,9-17H2,1-2H3/t19-,20+/m0/s1. The van der Waals surface area contributed by atoms with Crippen molar-refractivity contribution in [2.45, 2.75) is 70.4 Å². The second-order valence-electron chi connectivity index (χ2n) is 9.39. The summed E-state index contributed by atoms with van der Waals surface area (Å²) in [4.78, 5) is 16.9. The maximum absolute atomic E-state index is 12.8. The van der Waals surface area contributed by atoms with E-state index in [1.807, 2.05) is 44.2 Å². The Balaban J connectivity index is 1.26. The molecule has 6 heteroatoms. The molecular formula is C23H34N2O4. The van der Waals surface area contributed by atoms with Gasteiger partial charge in [-0.3, -0.25) is 4.90 Å². The largest absolute Gasteiger partial charge is 0.444 e. The molecule has 1 aliphatic carbocycles. The number of likely N-dealkylation sites (tertiary alicyclic amines) is 1. The minimum Gasteiger partial charge on any atom is -0.444 e. The molecule has 0 aromatic heterocycles. The summed E-state index contributed by atoms with van der Waals surface area (Å²) in [5.74, 6) is 0. The van der Waals surface area contributed by atoms with E-state index in [0.29, 0.717) is 6.61 Å². The SMILES string of the molecule is CC1(C)OC[C@H](CCCN2CCC3(CC3)[C@H](O)C2)N1C(=O)OCc1ccccc1. The number of benzene rings is 1. The number of nitrogens with zero attached hydrogens (tertiary/aromatic N) is 2. The van der Waals surface area contributed by atoms with Gasteiger partial charge in [0.1, 0.15) is 12.3 Å². The molecule has 4 rings (SSSR count). The summed E-state index contributed by atoms with van der Waals surface area (Å²) in [6.07, 6.45) is 4.87. The zero-order chi connectivity index (χ0) is 20.5. The van der Waals surface area contributed by atoms with Gasteiger partial charge in [0.25, 0.3) is 0 Å². The van der Waals surface area contributed by atoms with Crippen LogP contribution in [0.5, 0.6) is 0 Å². The Morgan fingerprint density at radius 3 is 2.69 bits per heavy atom. The normalized spacial score (nSPS) is 27.9. The van der Waals surface area contributed by atoms with Gasteiger partial charge in [0.2, 0.25) is 0 Å². The first-order chi connectivity index (χ1) is 13.9. The van der Waals surface area contributed by atoms with E-state index in [1.165, 1.54) is 12.8 Å². The Hall–Kier alpha value is -1.63. The monoisotopic (exact) mass is 402 g/mol. The van der Waals surface area contributed by atoms with Gasteiger partial charge in [0.15, 0.2) is 0 Å². The van der Waals surface area contributed by atoms with Gasteiger partial charge in [0, 0.05) is 6.54 Å². The highest BCUT2D eigenvalue weighted by Crippen LogP contribution is 2.53. The lowest BCUT2D eigenvalue weighted by Crippen LogP contribution is -2.48. The molecule has 0 unspecified atom stereocenters. The fraction of sp³-hybridized carbons (Fsp3) is 0.696. The Labute approximate surface area is 173 Å². The second kappa shape index (κ2) is 8.25. The number of carbonyl (C=O) groups excluding carboxylic acids is 1. The molecule has 0 bridgehead atoms. The smallest absolute Gasteiger partial charge is 0.412 e. The zero-order valence-corrected chi connectivity index (χ0v) is 17.7. The van der Waals surface area contributed by atoms with E-state index < -0.39 is 5.72 Å². The van der Waals surface area contributed by atoms with Crippen molar-refractivity contribution in [3.63, 3.8) is 0 Å². The molecule has 2 atom stereocenters. The van der Waals surface area contributed by atoms with Crippen LogP contribution < -0.4 is 0 Å². The van der Waals surface area contributed by atoms with Crippen LogP contribution in [0.4, 0.5) is 4.79 Å². The molecule has 1 aromatic rings. The third kappa shape index (κ3) is 4.60. The highest BCUT2D eigenvalue weighted by atomic mass is 16.6. The second-order valence-corrected chi connectivity index (χ2v) is 9.39. The predicted octanol–water partition coefficient (Wildman–Crippen LogP) is 3.39. The van der Waals surface area contributed by atoms with Gasteiger partial charge in [-0.25, -0.2) is 4.79 Å². The number of aliphatic hydroxyl groups excluding tert-OH is 1. The van der Waals surface area contributed by atoms with Crippen LogP contribution in [0.2, 0.25) is 0 Å². The molecule has 2 aliphatic heterocycles. The molecule has 1 amide bonds. The van der Waals surface area contributed by atoms with Crippen molar-refractivity contribution in [1.82, 2.24) is 9.80 Å². The van der Waals surface area contributed by atoms with Crippen LogP contribution in [0.1, 0.15) is 51.5 Å². The minimum absolute atomic E-state index is 0.0257. The molecule has 1 N–H and O–H groups in total. The number of carbonyl (C=O) groups is 1. The van der Waals surface area contributed by atoms with E-state index in [2.05, 4.69) is 4.90 Å². The highest BCUT2D eigenvalue weighted by Gasteiger charge is 2.51. The van der Waals surface area contributed by atoms with E-state index in [0.717, 1.165) is 44.5 Å². The lowest BCUT2D eigenvalue weighted by molar-refractivity contribution is -0.0495. The van der Waals surface area contributed by atoms with E-state index in [9.17, 15) is 9.90 Å². The Morgan fingerprint density at radius 2 is 2.00 bits per heavy atom. The van der Waals surface area contributed by atoms with Crippen LogP contribution in [0.25, 0.3) is 0 Å². The summed E-state index contributed by atoms with van der Waals surface area (Å²) < 4.78 is 11.5. The first-order valence-electron chi connectivity index (χ1n) is 10.9. The van der Waals surface area contributed by atoms with Gasteiger partial charge in [-0.05, 0) is 70.0 Å². The third-order valence-corrected chi connectivity index (χ3v) is 6.94. The summed E-state index contributed by atoms with van der Waals surface area (Å²) in [5, 5.41) is 10.4. The van der Waals surface area contributed by atoms with Gasteiger partial charge >= 0.3 is 6.09 Å². The molecule has 2 heterocycles. The lowest BCUT2D eigenvalue weighted by atomic mass is 9.90. The fourth-order valence-corrected chi connectivity index (χ4v) is 4.83. The molecule has 6 nitrogen and oxygen atoms in total.